The third-order valence-electron chi connectivity index (χ3n) is 5.75. The number of rotatable bonds is 8. The van der Waals surface area contributed by atoms with Gasteiger partial charge in [-0.2, -0.15) is 4.31 Å². The third kappa shape index (κ3) is 5.37. The molecule has 0 unspecified atom stereocenters. The van der Waals surface area contributed by atoms with Gasteiger partial charge in [-0.3, -0.25) is 9.10 Å². The zero-order valence-electron chi connectivity index (χ0n) is 19.2. The number of benzene rings is 3. The molecule has 36 heavy (non-hydrogen) atoms. The Kier molecular flexibility index (Phi) is 7.63. The minimum absolute atomic E-state index is 0.0297. The summed E-state index contributed by atoms with van der Waals surface area (Å²) in [6, 6.07) is 16.6. The van der Waals surface area contributed by atoms with Crippen molar-refractivity contribution in [2.75, 3.05) is 29.3 Å². The lowest BCUT2D eigenvalue weighted by Crippen LogP contribution is -2.37. The lowest BCUT2D eigenvalue weighted by Gasteiger charge is -2.21. The van der Waals surface area contributed by atoms with Crippen molar-refractivity contribution in [1.29, 1.82) is 0 Å². The molecule has 3 aromatic rings. The highest BCUT2D eigenvalue weighted by atomic mass is 35.5. The van der Waals surface area contributed by atoms with Gasteiger partial charge in [0, 0.05) is 28.8 Å². The number of nitrogens with zero attached hydrogens (tertiary/aromatic N) is 2. The predicted octanol–water partition coefficient (Wildman–Crippen LogP) is 4.39. The smallest absolute Gasteiger partial charge is 0.264 e. The van der Waals surface area contributed by atoms with Crippen LogP contribution in [0.4, 0.5) is 11.4 Å². The first-order chi connectivity index (χ1) is 17.0. The largest absolute Gasteiger partial charge is 0.325 e. The van der Waals surface area contributed by atoms with Crippen LogP contribution in [-0.2, 0) is 31.3 Å². The Morgan fingerprint density at radius 2 is 1.50 bits per heavy atom. The molecule has 1 amide bonds. The Labute approximate surface area is 220 Å². The number of hydrogen-bond donors (Lipinski definition) is 1. The average Bonchev–Trinajstić information content (AvgIpc) is 3.27. The number of hydrogen-bond acceptors (Lipinski definition) is 5. The molecular weight excluding hydrogens is 545 g/mol. The molecule has 0 saturated carbocycles. The van der Waals surface area contributed by atoms with Crippen LogP contribution in [0.2, 0.25) is 10.0 Å². The van der Waals surface area contributed by atoms with Crippen LogP contribution < -0.4 is 9.62 Å². The van der Waals surface area contributed by atoms with Gasteiger partial charge in [0.15, 0.2) is 0 Å². The molecule has 4 rings (SSSR count). The van der Waals surface area contributed by atoms with E-state index < -0.39 is 32.5 Å². The van der Waals surface area contributed by atoms with Gasteiger partial charge in [0.05, 0.1) is 22.0 Å². The second-order valence-electron chi connectivity index (χ2n) is 8.06. The van der Waals surface area contributed by atoms with Crippen LogP contribution >= 0.6 is 23.2 Å². The molecule has 0 fully saturated rings. The first-order valence-electron chi connectivity index (χ1n) is 11.0. The predicted molar refractivity (Wildman–Crippen MR) is 141 cm³/mol. The number of nitrogens with one attached hydrogen (secondary N) is 1. The van der Waals surface area contributed by atoms with Gasteiger partial charge in [0.2, 0.25) is 15.9 Å². The van der Waals surface area contributed by atoms with Crippen molar-refractivity contribution in [3.63, 3.8) is 0 Å². The van der Waals surface area contributed by atoms with Crippen LogP contribution in [0.3, 0.4) is 0 Å². The summed E-state index contributed by atoms with van der Waals surface area (Å²) in [7, 11) is -7.73. The molecule has 0 spiro atoms. The fraction of sp³-hybridized carbons (Fsp3) is 0.208. The normalized spacial score (nSPS) is 13.6. The second kappa shape index (κ2) is 10.4. The summed E-state index contributed by atoms with van der Waals surface area (Å²) in [6.45, 7) is 1.57. The number of sulfonamides is 2. The lowest BCUT2D eigenvalue weighted by molar-refractivity contribution is -0.116. The standard InChI is InChI=1S/C24H23Cl2N3O5S2/c1-2-28(35(31,32)21-9-4-18(25)5-10-21)16-24(30)27-20-8-3-17-13-14-29(23(17)15-20)36(33,34)22-11-6-19(26)7-12-22/h3-12,15H,2,13-14,16H2,1H3,(H,27,30). The van der Waals surface area contributed by atoms with Crippen LogP contribution in [0.15, 0.2) is 76.5 Å². The molecule has 8 nitrogen and oxygen atoms in total. The maximum Gasteiger partial charge on any atom is 0.264 e. The number of carbonyl (C=O) groups is 1. The zero-order valence-corrected chi connectivity index (χ0v) is 22.3. The highest BCUT2D eigenvalue weighted by molar-refractivity contribution is 7.92. The number of likely N-dealkylation sites (N-methyl/N-ethyl adjacent to an activating group) is 1. The van der Waals surface area contributed by atoms with Gasteiger partial charge in [0.25, 0.3) is 10.0 Å². The first kappa shape index (κ1) is 26.4. The van der Waals surface area contributed by atoms with Crippen molar-refractivity contribution in [2.45, 2.75) is 23.1 Å². The van der Waals surface area contributed by atoms with Crippen LogP contribution in [0.25, 0.3) is 0 Å². The van der Waals surface area contributed by atoms with Gasteiger partial charge in [-0.25, -0.2) is 16.8 Å². The van der Waals surface area contributed by atoms with E-state index in [0.717, 1.165) is 9.87 Å². The van der Waals surface area contributed by atoms with Gasteiger partial charge in [-0.1, -0.05) is 36.2 Å². The Morgan fingerprint density at radius 1 is 0.917 bits per heavy atom. The molecule has 0 aliphatic carbocycles. The van der Waals surface area contributed by atoms with Crippen LogP contribution in [-0.4, -0.2) is 46.7 Å². The van der Waals surface area contributed by atoms with E-state index in [2.05, 4.69) is 5.32 Å². The van der Waals surface area contributed by atoms with Crippen molar-refractivity contribution in [2.24, 2.45) is 0 Å². The molecule has 12 heteroatoms. The summed E-state index contributed by atoms with van der Waals surface area (Å²) in [5.74, 6) is -0.556. The van der Waals surface area contributed by atoms with E-state index in [4.69, 9.17) is 23.2 Å². The van der Waals surface area contributed by atoms with E-state index in [1.165, 1.54) is 52.8 Å². The van der Waals surface area contributed by atoms with Gasteiger partial charge >= 0.3 is 0 Å². The molecule has 0 aromatic heterocycles. The maximum atomic E-state index is 13.2. The number of anilines is 2. The second-order valence-corrected chi connectivity index (χ2v) is 12.7. The van der Waals surface area contributed by atoms with Crippen LogP contribution in [0.1, 0.15) is 12.5 Å². The van der Waals surface area contributed by atoms with E-state index in [1.54, 1.807) is 25.1 Å². The molecule has 1 heterocycles. The molecule has 3 aromatic carbocycles. The van der Waals surface area contributed by atoms with Gasteiger partial charge in [-0.15, -0.1) is 0 Å². The molecule has 1 N–H and O–H groups in total. The maximum absolute atomic E-state index is 13.2. The monoisotopic (exact) mass is 567 g/mol. The lowest BCUT2D eigenvalue weighted by atomic mass is 10.1. The Balaban J connectivity index is 1.52. The fourth-order valence-corrected chi connectivity index (χ4v) is 7.05. The van der Waals surface area contributed by atoms with Gasteiger partial charge in [0.1, 0.15) is 0 Å². The zero-order chi connectivity index (χ0) is 26.1. The topological polar surface area (TPSA) is 104 Å². The molecule has 0 atom stereocenters. The summed E-state index contributed by atoms with van der Waals surface area (Å²) in [4.78, 5) is 12.9. The van der Waals surface area contributed by atoms with Crippen molar-refractivity contribution < 1.29 is 21.6 Å². The van der Waals surface area contributed by atoms with Crippen molar-refractivity contribution in [3.8, 4) is 0 Å². The quantitative estimate of drug-likeness (QED) is 0.434. The third-order valence-corrected chi connectivity index (χ3v) is 10.0. The SMILES string of the molecule is CCN(CC(=O)Nc1ccc2c(c1)N(S(=O)(=O)c1ccc(Cl)cc1)CC2)S(=O)(=O)c1ccc(Cl)cc1. The minimum atomic E-state index is -3.91. The molecule has 1 aliphatic heterocycles. The molecule has 1 aliphatic rings. The van der Waals surface area contributed by atoms with E-state index in [0.29, 0.717) is 27.8 Å². The molecular formula is C24H23Cl2N3O5S2. The molecule has 0 bridgehead atoms. The fourth-order valence-electron chi connectivity index (χ4n) is 3.89. The average molecular weight is 569 g/mol. The Morgan fingerprint density at radius 3 is 2.08 bits per heavy atom. The highest BCUT2D eigenvalue weighted by Gasteiger charge is 2.31. The summed E-state index contributed by atoms with van der Waals surface area (Å²) < 4.78 is 54.7. The van der Waals surface area contributed by atoms with Crippen molar-refractivity contribution >= 4 is 60.5 Å². The molecule has 0 radical (unpaired) electrons. The Bertz CT molecular complexity index is 1490. The van der Waals surface area contributed by atoms with Crippen molar-refractivity contribution in [3.05, 3.63) is 82.3 Å². The van der Waals surface area contributed by atoms with E-state index in [9.17, 15) is 21.6 Å². The van der Waals surface area contributed by atoms with E-state index in [-0.39, 0.29) is 22.9 Å². The number of halogens is 2. The van der Waals surface area contributed by atoms with Gasteiger partial charge < -0.3 is 5.32 Å². The first-order valence-corrected chi connectivity index (χ1v) is 14.6. The summed E-state index contributed by atoms with van der Waals surface area (Å²) in [6.07, 6.45) is 0.527. The molecule has 190 valence electrons. The molecule has 0 saturated heterocycles. The van der Waals surface area contributed by atoms with Crippen LogP contribution in [0.5, 0.6) is 0 Å². The number of amides is 1. The van der Waals surface area contributed by atoms with Crippen LogP contribution in [0, 0.1) is 0 Å². The van der Waals surface area contributed by atoms with E-state index in [1.807, 2.05) is 0 Å². The summed E-state index contributed by atoms with van der Waals surface area (Å²) in [5, 5.41) is 3.52. The highest BCUT2D eigenvalue weighted by Crippen LogP contribution is 2.35. The number of carbonyl (C=O) groups excluding carboxylic acids is 1. The Hall–Kier alpha value is -2.63. The van der Waals surface area contributed by atoms with Gasteiger partial charge in [-0.05, 0) is 72.6 Å². The number of fused-ring (bicyclic) bond motifs is 1. The summed E-state index contributed by atoms with van der Waals surface area (Å²) >= 11 is 11.7. The minimum Gasteiger partial charge on any atom is -0.325 e. The van der Waals surface area contributed by atoms with E-state index >= 15 is 0 Å². The van der Waals surface area contributed by atoms with Crippen molar-refractivity contribution in [1.82, 2.24) is 4.31 Å². The summed E-state index contributed by atoms with van der Waals surface area (Å²) in [5.41, 5.74) is 1.65.